The molecule has 0 saturated carbocycles. The van der Waals surface area contributed by atoms with Gasteiger partial charge in [-0.1, -0.05) is 0 Å². The fraction of sp³-hybridized carbons (Fsp3) is 1.00. The minimum Gasteiger partial charge on any atom is -0.430 e. The summed E-state index contributed by atoms with van der Waals surface area (Å²) in [5.41, 5.74) is 0. The summed E-state index contributed by atoms with van der Waals surface area (Å²) in [7, 11) is -0.635. The van der Waals surface area contributed by atoms with E-state index in [1.165, 1.54) is 0 Å². The van der Waals surface area contributed by atoms with Crippen molar-refractivity contribution in [1.82, 2.24) is 0 Å². The average molecular weight is 110 g/mol. The summed E-state index contributed by atoms with van der Waals surface area (Å²) in [5.74, 6) is 0. The van der Waals surface area contributed by atoms with E-state index >= 15 is 0 Å². The maximum absolute atomic E-state index is 11.0. The standard InChI is InChI=1S/C2H5BF2O2/c4-2(5)1-7-3-6/h2-3,6H,1H2. The van der Waals surface area contributed by atoms with E-state index in [1.807, 2.05) is 0 Å². The van der Waals surface area contributed by atoms with E-state index in [0.717, 1.165) is 0 Å². The predicted octanol–water partition coefficient (Wildman–Crippen LogP) is -0.473. The van der Waals surface area contributed by atoms with E-state index in [0.29, 0.717) is 0 Å². The molecule has 0 spiro atoms. The zero-order valence-electron chi connectivity index (χ0n) is 3.60. The van der Waals surface area contributed by atoms with Crippen LogP contribution in [0.3, 0.4) is 0 Å². The Morgan fingerprint density at radius 3 is 2.43 bits per heavy atom. The molecule has 0 aromatic heterocycles. The Bertz CT molecular complexity index is 42.7. The van der Waals surface area contributed by atoms with Crippen LogP contribution in [0.5, 0.6) is 0 Å². The van der Waals surface area contributed by atoms with Crippen molar-refractivity contribution in [3.63, 3.8) is 0 Å². The van der Waals surface area contributed by atoms with Crippen molar-refractivity contribution < 1.29 is 18.5 Å². The molecule has 2 nitrogen and oxygen atoms in total. The van der Waals surface area contributed by atoms with Crippen molar-refractivity contribution in [1.29, 1.82) is 0 Å². The second-order valence-corrected chi connectivity index (χ2v) is 0.891. The molecule has 0 amide bonds. The van der Waals surface area contributed by atoms with E-state index in [9.17, 15) is 8.78 Å². The van der Waals surface area contributed by atoms with Gasteiger partial charge in [0.05, 0.1) is 6.61 Å². The maximum Gasteiger partial charge on any atom is 0.435 e. The van der Waals surface area contributed by atoms with Crippen LogP contribution < -0.4 is 0 Å². The van der Waals surface area contributed by atoms with E-state index in [2.05, 4.69) is 4.65 Å². The van der Waals surface area contributed by atoms with E-state index in [1.54, 1.807) is 0 Å². The molecule has 0 aromatic rings. The molecule has 42 valence electrons. The van der Waals surface area contributed by atoms with Crippen molar-refractivity contribution in [3.8, 4) is 0 Å². The largest absolute Gasteiger partial charge is 0.435 e. The molecule has 0 fully saturated rings. The average Bonchev–Trinajstić information content (AvgIpc) is 1.61. The Hall–Kier alpha value is -0.155. The summed E-state index contributed by atoms with van der Waals surface area (Å²) in [5, 5.41) is 7.76. The lowest BCUT2D eigenvalue weighted by molar-refractivity contribution is 0.0765. The zero-order valence-corrected chi connectivity index (χ0v) is 3.60. The number of rotatable bonds is 3. The Morgan fingerprint density at radius 2 is 2.29 bits per heavy atom. The number of hydrogen-bond acceptors (Lipinski definition) is 2. The minimum absolute atomic E-state index is 0.635. The van der Waals surface area contributed by atoms with Gasteiger partial charge in [-0.05, 0) is 0 Å². The summed E-state index contributed by atoms with van der Waals surface area (Å²) in [6.07, 6.45) is -2.48. The normalized spacial score (nSPS) is 9.71. The summed E-state index contributed by atoms with van der Waals surface area (Å²) in [6, 6.07) is 0. The number of hydrogen-bond donors (Lipinski definition) is 1. The van der Waals surface area contributed by atoms with Gasteiger partial charge in [-0.3, -0.25) is 0 Å². The SMILES string of the molecule is OBOCC(F)F. The van der Waals surface area contributed by atoms with Crippen LogP contribution in [-0.2, 0) is 4.65 Å². The third kappa shape index (κ3) is 5.84. The van der Waals surface area contributed by atoms with Crippen LogP contribution in [-0.4, -0.2) is 25.7 Å². The first kappa shape index (κ1) is 6.84. The second kappa shape index (κ2) is 4.02. The van der Waals surface area contributed by atoms with Crippen molar-refractivity contribution in [2.45, 2.75) is 6.43 Å². The smallest absolute Gasteiger partial charge is 0.430 e. The third-order valence-electron chi connectivity index (χ3n) is 0.335. The highest BCUT2D eigenvalue weighted by Crippen LogP contribution is 1.89. The lowest BCUT2D eigenvalue weighted by atomic mass is 10.4. The molecule has 0 radical (unpaired) electrons. The molecule has 0 rings (SSSR count). The van der Waals surface area contributed by atoms with E-state index < -0.39 is 20.7 Å². The second-order valence-electron chi connectivity index (χ2n) is 0.891. The third-order valence-corrected chi connectivity index (χ3v) is 0.335. The van der Waals surface area contributed by atoms with Gasteiger partial charge in [-0.2, -0.15) is 0 Å². The van der Waals surface area contributed by atoms with Crippen molar-refractivity contribution >= 4 is 7.69 Å². The molecule has 0 bridgehead atoms. The minimum atomic E-state index is -2.48. The van der Waals surface area contributed by atoms with Crippen LogP contribution in [0, 0.1) is 0 Å². The first-order valence-electron chi connectivity index (χ1n) is 1.74. The predicted molar refractivity (Wildman–Crippen MR) is 21.3 cm³/mol. The van der Waals surface area contributed by atoms with Crippen LogP contribution in [0.15, 0.2) is 0 Å². The van der Waals surface area contributed by atoms with Crippen LogP contribution in [0.4, 0.5) is 8.78 Å². The Morgan fingerprint density at radius 1 is 1.71 bits per heavy atom. The van der Waals surface area contributed by atoms with Gasteiger partial charge in [-0.15, -0.1) is 0 Å². The zero-order chi connectivity index (χ0) is 5.70. The van der Waals surface area contributed by atoms with Crippen LogP contribution in [0.2, 0.25) is 0 Å². The van der Waals surface area contributed by atoms with Crippen LogP contribution >= 0.6 is 0 Å². The highest BCUT2D eigenvalue weighted by molar-refractivity contribution is 6.15. The summed E-state index contributed by atoms with van der Waals surface area (Å²) >= 11 is 0. The molecule has 0 aliphatic rings. The van der Waals surface area contributed by atoms with Gasteiger partial charge < -0.3 is 9.68 Å². The lowest BCUT2D eigenvalue weighted by Gasteiger charge is -1.93. The molecule has 0 aliphatic carbocycles. The maximum atomic E-state index is 11.0. The van der Waals surface area contributed by atoms with Gasteiger partial charge in [-0.25, -0.2) is 8.78 Å². The monoisotopic (exact) mass is 110 g/mol. The summed E-state index contributed by atoms with van der Waals surface area (Å²) < 4.78 is 25.9. The number of halogens is 2. The quantitative estimate of drug-likeness (QED) is 0.497. The molecule has 7 heavy (non-hydrogen) atoms. The van der Waals surface area contributed by atoms with Crippen LogP contribution in [0.25, 0.3) is 0 Å². The highest BCUT2D eigenvalue weighted by atomic mass is 19.3. The van der Waals surface area contributed by atoms with Gasteiger partial charge in [0.2, 0.25) is 0 Å². The molecule has 0 atom stereocenters. The fourth-order valence-electron chi connectivity index (χ4n) is 0.142. The molecule has 1 N–H and O–H groups in total. The Kier molecular flexibility index (Phi) is 3.93. The van der Waals surface area contributed by atoms with Gasteiger partial charge in [0.1, 0.15) is 0 Å². The topological polar surface area (TPSA) is 29.5 Å². The first-order valence-corrected chi connectivity index (χ1v) is 1.74. The lowest BCUT2D eigenvalue weighted by Crippen LogP contribution is -2.06. The first-order chi connectivity index (χ1) is 3.27. The molecule has 0 unspecified atom stereocenters. The van der Waals surface area contributed by atoms with Crippen molar-refractivity contribution in [2.75, 3.05) is 6.61 Å². The molecule has 0 aliphatic heterocycles. The highest BCUT2D eigenvalue weighted by Gasteiger charge is 1.99. The molecular formula is C2H5BF2O2. The van der Waals surface area contributed by atoms with E-state index in [4.69, 9.17) is 5.02 Å². The summed E-state index contributed by atoms with van der Waals surface area (Å²) in [4.78, 5) is 0. The molecule has 0 heterocycles. The van der Waals surface area contributed by atoms with Gasteiger partial charge in [0.25, 0.3) is 6.43 Å². The number of alkyl halides is 2. The van der Waals surface area contributed by atoms with Crippen molar-refractivity contribution in [2.24, 2.45) is 0 Å². The molecule has 0 saturated heterocycles. The Labute approximate surface area is 40.4 Å². The molecular weight excluding hydrogens is 105 g/mol. The van der Waals surface area contributed by atoms with Gasteiger partial charge in [0, 0.05) is 0 Å². The molecule has 0 aromatic carbocycles. The van der Waals surface area contributed by atoms with Crippen LogP contribution in [0.1, 0.15) is 0 Å². The van der Waals surface area contributed by atoms with E-state index in [-0.39, 0.29) is 0 Å². The van der Waals surface area contributed by atoms with Crippen molar-refractivity contribution in [3.05, 3.63) is 0 Å². The summed E-state index contributed by atoms with van der Waals surface area (Å²) in [6.45, 7) is -0.684. The fourth-order valence-corrected chi connectivity index (χ4v) is 0.142. The van der Waals surface area contributed by atoms with Gasteiger partial charge in [0.15, 0.2) is 0 Å². The Balaban J connectivity index is 2.68. The van der Waals surface area contributed by atoms with Gasteiger partial charge >= 0.3 is 7.69 Å². The molecule has 5 heteroatoms.